The van der Waals surface area contributed by atoms with Gasteiger partial charge in [-0.3, -0.25) is 9.59 Å². The summed E-state index contributed by atoms with van der Waals surface area (Å²) < 4.78 is 17.3. The van der Waals surface area contributed by atoms with Crippen molar-refractivity contribution in [1.29, 1.82) is 0 Å². The molecule has 152 valence electrons. The standard InChI is InChI=1S/C21H28N2O5/c24-19(20(25)23-11-13-27-21(14-23)10-3-12-26-15-21)22-16-6-8-18(9-7-16)28-17-4-1-2-5-17/h6-9,17H,1-5,10-15H2,(H,22,24). The fraction of sp³-hybridized carbons (Fsp3) is 0.619. The maximum atomic E-state index is 12.6. The van der Waals surface area contributed by atoms with Crippen LogP contribution in [0.5, 0.6) is 5.75 Å². The summed E-state index contributed by atoms with van der Waals surface area (Å²) in [6, 6.07) is 7.21. The molecular formula is C21H28N2O5. The van der Waals surface area contributed by atoms with Crippen molar-refractivity contribution in [2.45, 2.75) is 50.2 Å². The number of morpholine rings is 1. The quantitative estimate of drug-likeness (QED) is 0.805. The minimum atomic E-state index is -0.627. The van der Waals surface area contributed by atoms with Gasteiger partial charge >= 0.3 is 11.8 Å². The Morgan fingerprint density at radius 3 is 2.61 bits per heavy atom. The van der Waals surface area contributed by atoms with Gasteiger partial charge in [0.25, 0.3) is 0 Å². The van der Waals surface area contributed by atoms with Gasteiger partial charge in [0.1, 0.15) is 11.4 Å². The Morgan fingerprint density at radius 2 is 1.89 bits per heavy atom. The molecule has 7 nitrogen and oxygen atoms in total. The lowest BCUT2D eigenvalue weighted by molar-refractivity contribution is -0.177. The zero-order valence-corrected chi connectivity index (χ0v) is 16.2. The molecule has 0 radical (unpaired) electrons. The van der Waals surface area contributed by atoms with Gasteiger partial charge in [-0.2, -0.15) is 0 Å². The van der Waals surface area contributed by atoms with Gasteiger partial charge in [0.05, 0.1) is 25.9 Å². The number of benzene rings is 1. The van der Waals surface area contributed by atoms with Gasteiger partial charge in [-0.25, -0.2) is 0 Å². The lowest BCUT2D eigenvalue weighted by Crippen LogP contribution is -2.58. The second kappa shape index (κ2) is 8.49. The molecule has 1 unspecified atom stereocenters. The summed E-state index contributed by atoms with van der Waals surface area (Å²) in [5, 5.41) is 2.69. The predicted octanol–water partition coefficient (Wildman–Crippen LogP) is 2.35. The van der Waals surface area contributed by atoms with Crippen molar-refractivity contribution in [3.05, 3.63) is 24.3 Å². The first kappa shape index (κ1) is 19.2. The Kier molecular flexibility index (Phi) is 5.82. The number of rotatable bonds is 3. The van der Waals surface area contributed by atoms with E-state index in [2.05, 4.69) is 5.32 Å². The summed E-state index contributed by atoms with van der Waals surface area (Å²) >= 11 is 0. The monoisotopic (exact) mass is 388 g/mol. The first-order valence-corrected chi connectivity index (χ1v) is 10.2. The number of anilines is 1. The second-order valence-corrected chi connectivity index (χ2v) is 7.92. The van der Waals surface area contributed by atoms with E-state index in [4.69, 9.17) is 14.2 Å². The maximum Gasteiger partial charge on any atom is 0.313 e. The van der Waals surface area contributed by atoms with E-state index in [0.717, 1.165) is 38.0 Å². The molecule has 2 heterocycles. The normalized spacial score (nSPS) is 25.6. The van der Waals surface area contributed by atoms with Crippen LogP contribution in [0, 0.1) is 0 Å². The van der Waals surface area contributed by atoms with Crippen molar-refractivity contribution >= 4 is 17.5 Å². The number of nitrogens with one attached hydrogen (secondary N) is 1. The largest absolute Gasteiger partial charge is 0.490 e. The fourth-order valence-corrected chi connectivity index (χ4v) is 4.23. The summed E-state index contributed by atoms with van der Waals surface area (Å²) in [5.74, 6) is -0.360. The first-order chi connectivity index (χ1) is 13.6. The molecule has 2 saturated heterocycles. The topological polar surface area (TPSA) is 77.1 Å². The summed E-state index contributed by atoms with van der Waals surface area (Å²) in [6.07, 6.45) is 6.67. The first-order valence-electron chi connectivity index (χ1n) is 10.2. The second-order valence-electron chi connectivity index (χ2n) is 7.92. The van der Waals surface area contributed by atoms with Crippen LogP contribution in [0.2, 0.25) is 0 Å². The van der Waals surface area contributed by atoms with Crippen molar-refractivity contribution in [3.63, 3.8) is 0 Å². The number of ether oxygens (including phenoxy) is 3. The Bertz CT molecular complexity index is 688. The van der Waals surface area contributed by atoms with Crippen molar-refractivity contribution < 1.29 is 23.8 Å². The molecule has 1 atom stereocenters. The van der Waals surface area contributed by atoms with E-state index < -0.39 is 17.4 Å². The van der Waals surface area contributed by atoms with Crippen molar-refractivity contribution in [3.8, 4) is 5.75 Å². The molecule has 2 amide bonds. The van der Waals surface area contributed by atoms with Crippen molar-refractivity contribution in [1.82, 2.24) is 4.90 Å². The number of amides is 2. The van der Waals surface area contributed by atoms with Crippen LogP contribution in [-0.4, -0.2) is 61.3 Å². The average Bonchev–Trinajstić information content (AvgIpc) is 3.22. The summed E-state index contributed by atoms with van der Waals surface area (Å²) in [7, 11) is 0. The molecule has 7 heteroatoms. The van der Waals surface area contributed by atoms with Crippen LogP contribution in [0.4, 0.5) is 5.69 Å². The van der Waals surface area contributed by atoms with Gasteiger partial charge in [-0.15, -0.1) is 0 Å². The van der Waals surface area contributed by atoms with Crippen LogP contribution in [-0.2, 0) is 19.1 Å². The molecule has 3 aliphatic rings. The zero-order chi connectivity index (χ0) is 19.4. The summed E-state index contributed by atoms with van der Waals surface area (Å²) in [5.41, 5.74) is 0.118. The van der Waals surface area contributed by atoms with Crippen LogP contribution < -0.4 is 10.1 Å². The highest BCUT2D eigenvalue weighted by molar-refractivity contribution is 6.39. The van der Waals surface area contributed by atoms with E-state index in [1.807, 2.05) is 12.1 Å². The number of carbonyl (C=O) groups excluding carboxylic acids is 2. The van der Waals surface area contributed by atoms with E-state index in [0.29, 0.717) is 38.1 Å². The third-order valence-electron chi connectivity index (χ3n) is 5.73. The minimum absolute atomic E-state index is 0.291. The van der Waals surface area contributed by atoms with E-state index in [1.54, 1.807) is 17.0 Å². The van der Waals surface area contributed by atoms with Crippen LogP contribution in [0.15, 0.2) is 24.3 Å². The van der Waals surface area contributed by atoms with Gasteiger partial charge in [0, 0.05) is 18.8 Å². The van der Waals surface area contributed by atoms with Crippen LogP contribution >= 0.6 is 0 Å². The molecule has 0 bridgehead atoms. The molecule has 1 spiro atoms. The molecule has 1 saturated carbocycles. The fourth-order valence-electron chi connectivity index (χ4n) is 4.23. The lowest BCUT2D eigenvalue weighted by atomic mass is 9.94. The van der Waals surface area contributed by atoms with E-state index in [9.17, 15) is 9.59 Å². The molecule has 28 heavy (non-hydrogen) atoms. The number of carbonyl (C=O) groups is 2. The van der Waals surface area contributed by atoms with Crippen LogP contribution in [0.1, 0.15) is 38.5 Å². The molecule has 0 aromatic heterocycles. The highest BCUT2D eigenvalue weighted by Gasteiger charge is 2.41. The molecule has 2 aliphatic heterocycles. The van der Waals surface area contributed by atoms with Crippen LogP contribution in [0.25, 0.3) is 0 Å². The molecule has 1 aliphatic carbocycles. The smallest absolute Gasteiger partial charge is 0.313 e. The number of hydrogen-bond donors (Lipinski definition) is 1. The minimum Gasteiger partial charge on any atom is -0.490 e. The third-order valence-corrected chi connectivity index (χ3v) is 5.73. The Balaban J connectivity index is 1.31. The van der Waals surface area contributed by atoms with Gasteiger partial charge < -0.3 is 24.4 Å². The number of hydrogen-bond acceptors (Lipinski definition) is 5. The summed E-state index contributed by atoms with van der Waals surface area (Å²) in [4.78, 5) is 26.6. The van der Waals surface area contributed by atoms with E-state index >= 15 is 0 Å². The van der Waals surface area contributed by atoms with Crippen LogP contribution in [0.3, 0.4) is 0 Å². The van der Waals surface area contributed by atoms with Crippen molar-refractivity contribution in [2.75, 3.05) is 38.2 Å². The SMILES string of the molecule is O=C(Nc1ccc(OC2CCCC2)cc1)C(=O)N1CCOC2(CCCOC2)C1. The maximum absolute atomic E-state index is 12.6. The highest BCUT2D eigenvalue weighted by Crippen LogP contribution is 2.28. The molecule has 1 aromatic rings. The molecule has 1 aromatic carbocycles. The Labute approximate surface area is 165 Å². The third kappa shape index (κ3) is 4.47. The lowest BCUT2D eigenvalue weighted by Gasteiger charge is -2.44. The predicted molar refractivity (Wildman–Crippen MR) is 103 cm³/mol. The highest BCUT2D eigenvalue weighted by atomic mass is 16.5. The van der Waals surface area contributed by atoms with E-state index in [1.165, 1.54) is 12.8 Å². The molecule has 3 fully saturated rings. The average molecular weight is 388 g/mol. The number of nitrogens with zero attached hydrogens (tertiary/aromatic N) is 1. The van der Waals surface area contributed by atoms with Crippen molar-refractivity contribution in [2.24, 2.45) is 0 Å². The summed E-state index contributed by atoms with van der Waals surface area (Å²) in [6.45, 7) is 2.44. The molecule has 1 N–H and O–H groups in total. The Hall–Kier alpha value is -2.12. The van der Waals surface area contributed by atoms with Gasteiger partial charge in [0.2, 0.25) is 0 Å². The van der Waals surface area contributed by atoms with Gasteiger partial charge in [0.15, 0.2) is 0 Å². The molecule has 4 rings (SSSR count). The van der Waals surface area contributed by atoms with Gasteiger partial charge in [-0.1, -0.05) is 0 Å². The zero-order valence-electron chi connectivity index (χ0n) is 16.2. The molecular weight excluding hydrogens is 360 g/mol. The van der Waals surface area contributed by atoms with E-state index in [-0.39, 0.29) is 0 Å². The van der Waals surface area contributed by atoms with Gasteiger partial charge in [-0.05, 0) is 62.8 Å². The Morgan fingerprint density at radius 1 is 1.11 bits per heavy atom.